The summed E-state index contributed by atoms with van der Waals surface area (Å²) in [5, 5.41) is 8.85. The lowest BCUT2D eigenvalue weighted by atomic mass is 10.1. The van der Waals surface area contributed by atoms with Crippen LogP contribution in [-0.2, 0) is 9.53 Å². The number of carboxylic acids is 1. The number of carboxylic acid groups (broad SMARTS) is 1. The first-order chi connectivity index (χ1) is 15.4. The number of aliphatic carboxylic acids is 1. The monoisotopic (exact) mass is 441 g/mol. The zero-order valence-electron chi connectivity index (χ0n) is 17.9. The number of rotatable bonds is 13. The number of esters is 1. The molecular weight excluding hydrogens is 414 g/mol. The Kier molecular flexibility index (Phi) is 9.93. The lowest BCUT2D eigenvalue weighted by molar-refractivity contribution is -0.139. The van der Waals surface area contributed by atoms with Gasteiger partial charge in [0.25, 0.3) is 0 Å². The second-order valence-corrected chi connectivity index (χ2v) is 6.79. The Hall–Kier alpha value is -3.65. The first-order valence-electron chi connectivity index (χ1n) is 10.3. The number of hydrogen-bond donors (Lipinski definition) is 2. The molecule has 0 aliphatic carbocycles. The number of unbranched alkanes of at least 4 members (excludes halogenated alkanes) is 1. The van der Waals surface area contributed by atoms with Crippen molar-refractivity contribution >= 4 is 23.8 Å². The molecule has 2 rings (SSSR count). The van der Waals surface area contributed by atoms with E-state index in [-0.39, 0.29) is 23.7 Å². The largest absolute Gasteiger partial charge is 0.492 e. The van der Waals surface area contributed by atoms with E-state index in [2.05, 4.69) is 0 Å². The average Bonchev–Trinajstić information content (AvgIpc) is 2.80. The van der Waals surface area contributed by atoms with Gasteiger partial charge in [-0.1, -0.05) is 37.6 Å². The Balaban J connectivity index is 2.20. The van der Waals surface area contributed by atoms with Crippen LogP contribution in [0.1, 0.15) is 46.0 Å². The molecule has 0 radical (unpaired) electrons. The topological polar surface area (TPSA) is 125 Å². The molecule has 0 aliphatic heterocycles. The molecule has 0 saturated heterocycles. The lowest BCUT2D eigenvalue weighted by Gasteiger charge is -2.11. The van der Waals surface area contributed by atoms with Gasteiger partial charge in [-0.3, -0.25) is 4.79 Å². The molecular formula is C24H27NO7. The number of allylic oxidation sites excluding steroid dienone is 1. The van der Waals surface area contributed by atoms with Crippen molar-refractivity contribution in [1.82, 2.24) is 0 Å². The molecule has 8 nitrogen and oxygen atoms in total. The Labute approximate surface area is 186 Å². The molecule has 3 N–H and O–H groups in total. The maximum atomic E-state index is 12.5. The number of nitrogens with two attached hydrogens (primary N) is 1. The van der Waals surface area contributed by atoms with Gasteiger partial charge in [0.1, 0.15) is 23.7 Å². The Bertz CT molecular complexity index is 969. The van der Waals surface area contributed by atoms with Gasteiger partial charge >= 0.3 is 11.9 Å². The van der Waals surface area contributed by atoms with Crippen molar-refractivity contribution in [2.24, 2.45) is 5.73 Å². The van der Waals surface area contributed by atoms with Crippen LogP contribution in [0.5, 0.6) is 11.5 Å². The first kappa shape index (κ1) is 24.6. The Morgan fingerprint density at radius 3 is 2.59 bits per heavy atom. The number of benzene rings is 2. The van der Waals surface area contributed by atoms with Gasteiger partial charge in [0.05, 0.1) is 6.61 Å². The zero-order valence-corrected chi connectivity index (χ0v) is 17.9. The van der Waals surface area contributed by atoms with Crippen LogP contribution < -0.4 is 15.2 Å². The highest BCUT2D eigenvalue weighted by Crippen LogP contribution is 2.23. The van der Waals surface area contributed by atoms with Crippen LogP contribution in [0, 0.1) is 0 Å². The predicted molar refractivity (Wildman–Crippen MR) is 119 cm³/mol. The van der Waals surface area contributed by atoms with Crippen molar-refractivity contribution in [1.29, 1.82) is 0 Å². The number of ketones is 1. The van der Waals surface area contributed by atoms with Crippen LogP contribution in [0.3, 0.4) is 0 Å². The molecule has 0 spiro atoms. The van der Waals surface area contributed by atoms with Crippen LogP contribution in [-0.4, -0.2) is 49.2 Å². The third-order valence-corrected chi connectivity index (χ3v) is 4.24. The van der Waals surface area contributed by atoms with Crippen LogP contribution in [0.4, 0.5) is 0 Å². The first-order valence-corrected chi connectivity index (χ1v) is 10.3. The predicted octanol–water partition coefficient (Wildman–Crippen LogP) is 3.34. The molecule has 0 saturated carbocycles. The molecule has 0 fully saturated rings. The van der Waals surface area contributed by atoms with E-state index in [1.165, 1.54) is 18.2 Å². The molecule has 0 unspecified atom stereocenters. The van der Waals surface area contributed by atoms with Gasteiger partial charge in [-0.05, 0) is 42.3 Å². The van der Waals surface area contributed by atoms with Gasteiger partial charge in [0, 0.05) is 12.1 Å². The van der Waals surface area contributed by atoms with Gasteiger partial charge in [0.15, 0.2) is 12.4 Å². The molecule has 0 amide bonds. The van der Waals surface area contributed by atoms with E-state index in [1.807, 2.05) is 6.92 Å². The summed E-state index contributed by atoms with van der Waals surface area (Å²) >= 11 is 0. The minimum absolute atomic E-state index is 0.0918. The van der Waals surface area contributed by atoms with Crippen LogP contribution in [0.15, 0.2) is 48.5 Å². The van der Waals surface area contributed by atoms with E-state index in [0.717, 1.165) is 6.42 Å². The highest BCUT2D eigenvalue weighted by Gasteiger charge is 2.16. The Morgan fingerprint density at radius 2 is 1.88 bits per heavy atom. The normalized spacial score (nSPS) is 10.7. The van der Waals surface area contributed by atoms with Gasteiger partial charge in [-0.15, -0.1) is 0 Å². The fourth-order valence-electron chi connectivity index (χ4n) is 2.65. The molecule has 0 atom stereocenters. The molecule has 32 heavy (non-hydrogen) atoms. The third kappa shape index (κ3) is 7.88. The molecule has 0 aromatic heterocycles. The Morgan fingerprint density at radius 1 is 1.06 bits per heavy atom. The maximum absolute atomic E-state index is 12.5. The van der Waals surface area contributed by atoms with Crippen LogP contribution in [0.25, 0.3) is 6.08 Å². The maximum Gasteiger partial charge on any atom is 0.341 e. The second-order valence-electron chi connectivity index (χ2n) is 6.79. The number of ether oxygens (including phenoxy) is 3. The molecule has 2 aromatic rings. The number of carbonyl (C=O) groups excluding carboxylic acids is 2. The van der Waals surface area contributed by atoms with Crippen LogP contribution in [0.2, 0.25) is 0 Å². The molecule has 8 heteroatoms. The quantitative estimate of drug-likeness (QED) is 0.210. The average molecular weight is 441 g/mol. The van der Waals surface area contributed by atoms with E-state index in [9.17, 15) is 14.4 Å². The molecule has 2 aromatic carbocycles. The van der Waals surface area contributed by atoms with E-state index in [1.54, 1.807) is 36.4 Å². The minimum Gasteiger partial charge on any atom is -0.492 e. The van der Waals surface area contributed by atoms with Crippen LogP contribution >= 0.6 is 0 Å². The highest BCUT2D eigenvalue weighted by molar-refractivity contribution is 6.07. The van der Waals surface area contributed by atoms with Gasteiger partial charge in [-0.2, -0.15) is 0 Å². The summed E-state index contributed by atoms with van der Waals surface area (Å²) in [4.78, 5) is 35.8. The summed E-state index contributed by atoms with van der Waals surface area (Å²) < 4.78 is 15.9. The van der Waals surface area contributed by atoms with E-state index < -0.39 is 18.5 Å². The van der Waals surface area contributed by atoms with E-state index in [4.69, 9.17) is 25.1 Å². The smallest absolute Gasteiger partial charge is 0.341 e. The van der Waals surface area contributed by atoms with E-state index in [0.29, 0.717) is 36.4 Å². The summed E-state index contributed by atoms with van der Waals surface area (Å²) in [5.41, 5.74) is 6.51. The lowest BCUT2D eigenvalue weighted by Crippen LogP contribution is -2.13. The molecule has 0 heterocycles. The van der Waals surface area contributed by atoms with Crippen molar-refractivity contribution in [2.45, 2.75) is 19.8 Å². The zero-order chi connectivity index (χ0) is 23.3. The van der Waals surface area contributed by atoms with Crippen molar-refractivity contribution < 1.29 is 33.7 Å². The standard InChI is InChI=1S/C24H27NO7/c1-2-3-12-31-24(29)20-14-17(8-10-22(20)32-16-23(27)28)7-9-21(26)18-5-4-6-19(15-18)30-13-11-25/h4-10,14-15H,2-3,11-13,16,25H2,1H3,(H,27,28). The van der Waals surface area contributed by atoms with E-state index >= 15 is 0 Å². The van der Waals surface area contributed by atoms with Gasteiger partial charge in [0.2, 0.25) is 0 Å². The van der Waals surface area contributed by atoms with Crippen molar-refractivity contribution in [2.75, 3.05) is 26.4 Å². The minimum atomic E-state index is -1.16. The van der Waals surface area contributed by atoms with Crippen molar-refractivity contribution in [3.63, 3.8) is 0 Å². The van der Waals surface area contributed by atoms with Gasteiger partial charge in [-0.25, -0.2) is 9.59 Å². The number of carbonyl (C=O) groups is 3. The third-order valence-electron chi connectivity index (χ3n) is 4.24. The molecule has 0 aliphatic rings. The molecule has 170 valence electrons. The summed E-state index contributed by atoms with van der Waals surface area (Å²) in [6, 6.07) is 11.3. The van der Waals surface area contributed by atoms with Crippen molar-refractivity contribution in [3.8, 4) is 11.5 Å². The van der Waals surface area contributed by atoms with Crippen molar-refractivity contribution in [3.05, 3.63) is 65.2 Å². The fourth-order valence-corrected chi connectivity index (χ4v) is 2.65. The fraction of sp³-hybridized carbons (Fsp3) is 0.292. The highest BCUT2D eigenvalue weighted by atomic mass is 16.5. The summed E-state index contributed by atoms with van der Waals surface area (Å²) in [7, 11) is 0. The summed E-state index contributed by atoms with van der Waals surface area (Å²) in [6.07, 6.45) is 4.50. The number of hydrogen-bond acceptors (Lipinski definition) is 7. The second kappa shape index (κ2) is 12.9. The van der Waals surface area contributed by atoms with Gasteiger partial charge < -0.3 is 25.1 Å². The molecule has 0 bridgehead atoms. The summed E-state index contributed by atoms with van der Waals surface area (Å²) in [5.74, 6) is -1.39. The SMILES string of the molecule is CCCCOC(=O)c1cc(C=CC(=O)c2cccc(OCCN)c2)ccc1OCC(=O)O. The summed E-state index contributed by atoms with van der Waals surface area (Å²) in [6.45, 7) is 2.34.